The van der Waals surface area contributed by atoms with E-state index in [9.17, 15) is 0 Å². The summed E-state index contributed by atoms with van der Waals surface area (Å²) in [5.74, 6) is 0.514. The summed E-state index contributed by atoms with van der Waals surface area (Å²) < 4.78 is 0. The Kier molecular flexibility index (Phi) is 24.1. The molecule has 0 saturated carbocycles. The first-order valence-corrected chi connectivity index (χ1v) is 3.03. The molecule has 7 heavy (non-hydrogen) atoms. The lowest BCUT2D eigenvalue weighted by molar-refractivity contribution is 0.323. The van der Waals surface area contributed by atoms with Gasteiger partial charge < -0.3 is 10.2 Å². The van der Waals surface area contributed by atoms with Gasteiger partial charge in [0.1, 0.15) is 0 Å². The normalized spacial score (nSPS) is 6.86. The van der Waals surface area contributed by atoms with Crippen LogP contribution in [0.4, 0.5) is 0 Å². The van der Waals surface area contributed by atoms with Crippen LogP contribution in [0, 0.1) is 0 Å². The van der Waals surface area contributed by atoms with E-state index in [1.165, 1.54) is 0 Å². The highest BCUT2D eigenvalue weighted by molar-refractivity contribution is 7.80. The smallest absolute Gasteiger partial charge is 0.0857 e. The van der Waals surface area contributed by atoms with E-state index in [4.69, 9.17) is 10.2 Å². The Hall–Kier alpha value is 0.620. The zero-order valence-electron chi connectivity index (χ0n) is 3.91. The molecule has 0 aromatic rings. The summed E-state index contributed by atoms with van der Waals surface area (Å²) in [5.41, 5.74) is 0. The predicted octanol–water partition coefficient (Wildman–Crippen LogP) is -0.226. The highest BCUT2D eigenvalue weighted by Gasteiger charge is 1.57. The minimum Gasteiger partial charge on any atom is -0.396 e. The van der Waals surface area contributed by atoms with Crippen molar-refractivity contribution < 1.29 is 10.2 Å². The van der Waals surface area contributed by atoms with E-state index in [1.807, 2.05) is 0 Å². The number of hydrogen-bond acceptors (Lipinski definition) is 4. The molecule has 0 aliphatic rings. The molecule has 0 aromatic carbocycles. The molecule has 0 aliphatic carbocycles. The first-order chi connectivity index (χ1) is 3.33. The Morgan fingerprint density at radius 3 is 1.29 bits per heavy atom. The largest absolute Gasteiger partial charge is 0.396 e. The van der Waals surface area contributed by atoms with Crippen LogP contribution in [0.1, 0.15) is 0 Å². The van der Waals surface area contributed by atoms with Crippen LogP contribution in [0.2, 0.25) is 0 Å². The number of rotatable bonds is 1. The molecular formula is C3H10O2S2. The van der Waals surface area contributed by atoms with E-state index in [0.29, 0.717) is 5.75 Å². The summed E-state index contributed by atoms with van der Waals surface area (Å²) in [6, 6.07) is 0. The lowest BCUT2D eigenvalue weighted by atomic mass is 10.9. The second-order valence-corrected chi connectivity index (χ2v) is 1.32. The summed E-state index contributed by atoms with van der Waals surface area (Å²) in [6.07, 6.45) is 0. The average molecular weight is 142 g/mol. The predicted molar refractivity (Wildman–Crippen MR) is 37.0 cm³/mol. The average Bonchev–Trinajstić information content (AvgIpc) is 1.69. The summed E-state index contributed by atoms with van der Waals surface area (Å²) >= 11 is 7.01. The first-order valence-electron chi connectivity index (χ1n) is 1.76. The lowest BCUT2D eigenvalue weighted by Gasteiger charge is -1.69. The van der Waals surface area contributed by atoms with Gasteiger partial charge in [0.2, 0.25) is 0 Å². The molecule has 0 aliphatic heterocycles. The molecule has 4 heteroatoms. The van der Waals surface area contributed by atoms with Crippen molar-refractivity contribution in [3.05, 3.63) is 0 Å². The maximum Gasteiger partial charge on any atom is 0.0857 e. The zero-order chi connectivity index (χ0) is 6.12. The standard InChI is InChI=1S/C2H6OS.CH4OS/c3-1-2-4;2-1-3/h3-4H,1-2H2;2-3H,1H2. The van der Waals surface area contributed by atoms with E-state index in [2.05, 4.69) is 25.3 Å². The number of hydrogen-bond donors (Lipinski definition) is 4. The molecule has 46 valence electrons. The summed E-state index contributed by atoms with van der Waals surface area (Å²) in [6.45, 7) is 0.184. The van der Waals surface area contributed by atoms with Gasteiger partial charge in [0.15, 0.2) is 0 Å². The summed E-state index contributed by atoms with van der Waals surface area (Å²) in [4.78, 5) is 0. The Morgan fingerprint density at radius 1 is 1.14 bits per heavy atom. The molecule has 0 bridgehead atoms. The first kappa shape index (κ1) is 10.6. The van der Waals surface area contributed by atoms with Gasteiger partial charge in [-0.25, -0.2) is 0 Å². The molecule has 2 nitrogen and oxygen atoms in total. The molecule has 0 aromatic heterocycles. The van der Waals surface area contributed by atoms with Crippen molar-refractivity contribution in [3.63, 3.8) is 0 Å². The minimum atomic E-state index is -0.0556. The number of aliphatic hydroxyl groups excluding tert-OH is 2. The van der Waals surface area contributed by atoms with Crippen molar-refractivity contribution in [2.45, 2.75) is 0 Å². The monoisotopic (exact) mass is 142 g/mol. The fourth-order valence-corrected chi connectivity index (χ4v) is 0. The van der Waals surface area contributed by atoms with E-state index in [0.717, 1.165) is 0 Å². The molecule has 0 fully saturated rings. The van der Waals surface area contributed by atoms with Crippen molar-refractivity contribution in [2.75, 3.05) is 18.3 Å². The fraction of sp³-hybridized carbons (Fsp3) is 1.00. The van der Waals surface area contributed by atoms with Crippen molar-refractivity contribution >= 4 is 25.3 Å². The maximum absolute atomic E-state index is 7.80. The van der Waals surface area contributed by atoms with Gasteiger partial charge in [0.25, 0.3) is 0 Å². The third kappa shape index (κ3) is 53.8. The molecule has 0 amide bonds. The maximum atomic E-state index is 7.80. The Bertz CT molecular complexity index is 18.4. The van der Waals surface area contributed by atoms with Crippen molar-refractivity contribution in [2.24, 2.45) is 0 Å². The summed E-state index contributed by atoms with van der Waals surface area (Å²) in [5, 5.41) is 15.2. The van der Waals surface area contributed by atoms with Crippen LogP contribution in [0.3, 0.4) is 0 Å². The lowest BCUT2D eigenvalue weighted by Crippen LogP contribution is -1.76. The Labute approximate surface area is 54.4 Å². The van der Waals surface area contributed by atoms with Crippen LogP contribution in [0.5, 0.6) is 0 Å². The molecule has 2 N–H and O–H groups in total. The van der Waals surface area contributed by atoms with E-state index < -0.39 is 0 Å². The third-order valence-corrected chi connectivity index (χ3v) is 0.300. The van der Waals surface area contributed by atoms with Gasteiger partial charge in [-0.2, -0.15) is 25.3 Å². The van der Waals surface area contributed by atoms with Gasteiger partial charge in [-0.3, -0.25) is 0 Å². The second kappa shape index (κ2) is 16.0. The van der Waals surface area contributed by atoms with Crippen molar-refractivity contribution in [3.8, 4) is 0 Å². The van der Waals surface area contributed by atoms with Crippen molar-refractivity contribution in [1.29, 1.82) is 0 Å². The second-order valence-electron chi connectivity index (χ2n) is 0.589. The highest BCUT2D eigenvalue weighted by atomic mass is 32.1. The van der Waals surface area contributed by atoms with Crippen LogP contribution in [0.25, 0.3) is 0 Å². The fourth-order valence-electron chi connectivity index (χ4n) is 0. The van der Waals surface area contributed by atoms with Gasteiger partial charge in [0.05, 0.1) is 12.5 Å². The minimum absolute atomic E-state index is 0.0556. The number of thiol groups is 2. The van der Waals surface area contributed by atoms with Gasteiger partial charge in [-0.15, -0.1) is 0 Å². The molecule has 0 radical (unpaired) electrons. The van der Waals surface area contributed by atoms with Crippen LogP contribution in [0.15, 0.2) is 0 Å². The molecule has 0 atom stereocenters. The zero-order valence-corrected chi connectivity index (χ0v) is 5.70. The topological polar surface area (TPSA) is 40.5 Å². The van der Waals surface area contributed by atoms with Crippen LogP contribution >= 0.6 is 25.3 Å². The van der Waals surface area contributed by atoms with Gasteiger partial charge in [-0.05, 0) is 0 Å². The van der Waals surface area contributed by atoms with Gasteiger partial charge in [-0.1, -0.05) is 0 Å². The Morgan fingerprint density at radius 2 is 1.29 bits per heavy atom. The quantitative estimate of drug-likeness (QED) is 0.302. The molecule has 0 rings (SSSR count). The van der Waals surface area contributed by atoms with Gasteiger partial charge >= 0.3 is 0 Å². The van der Waals surface area contributed by atoms with Crippen LogP contribution in [-0.4, -0.2) is 28.5 Å². The van der Waals surface area contributed by atoms with Crippen LogP contribution < -0.4 is 0 Å². The molecular weight excluding hydrogens is 132 g/mol. The molecule has 0 spiro atoms. The SMILES string of the molecule is OCCS.OCS. The number of aliphatic hydroxyl groups is 2. The van der Waals surface area contributed by atoms with Gasteiger partial charge in [0, 0.05) is 5.75 Å². The summed E-state index contributed by atoms with van der Waals surface area (Å²) in [7, 11) is 0. The van der Waals surface area contributed by atoms with Crippen molar-refractivity contribution in [1.82, 2.24) is 0 Å². The van der Waals surface area contributed by atoms with E-state index in [-0.39, 0.29) is 12.5 Å². The molecule has 0 saturated heterocycles. The molecule has 0 heterocycles. The van der Waals surface area contributed by atoms with E-state index >= 15 is 0 Å². The van der Waals surface area contributed by atoms with Crippen LogP contribution in [-0.2, 0) is 0 Å². The highest BCUT2D eigenvalue weighted by Crippen LogP contribution is 1.61. The molecule has 0 unspecified atom stereocenters. The Balaban J connectivity index is 0. The van der Waals surface area contributed by atoms with E-state index in [1.54, 1.807) is 0 Å². The third-order valence-electron chi connectivity index (χ3n) is 0.1000.